The van der Waals surface area contributed by atoms with Crippen LogP contribution in [0.15, 0.2) is 53.9 Å². The number of benzene rings is 2. The zero-order chi connectivity index (χ0) is 27.0. The first-order chi connectivity index (χ1) is 17.3. The van der Waals surface area contributed by atoms with Crippen molar-refractivity contribution in [1.29, 1.82) is 0 Å². The van der Waals surface area contributed by atoms with Gasteiger partial charge in [0.2, 0.25) is 10.0 Å². The minimum atomic E-state index is -4.98. The fourth-order valence-corrected chi connectivity index (χ4v) is 6.22. The van der Waals surface area contributed by atoms with Crippen LogP contribution in [0.2, 0.25) is 0 Å². The third-order valence-electron chi connectivity index (χ3n) is 6.48. The van der Waals surface area contributed by atoms with Crippen LogP contribution < -0.4 is 4.72 Å². The van der Waals surface area contributed by atoms with Gasteiger partial charge >= 0.3 is 12.4 Å². The van der Waals surface area contributed by atoms with Crippen molar-refractivity contribution in [2.24, 2.45) is 0 Å². The summed E-state index contributed by atoms with van der Waals surface area (Å²) in [6, 6.07) is 4.78. The average Bonchev–Trinajstić information content (AvgIpc) is 3.37. The van der Waals surface area contributed by atoms with E-state index in [1.54, 1.807) is 19.6 Å². The molecular weight excluding hydrogens is 522 g/mol. The summed E-state index contributed by atoms with van der Waals surface area (Å²) in [7, 11) is -4.01. The van der Waals surface area contributed by atoms with E-state index in [0.29, 0.717) is 25.0 Å². The number of sulfonamides is 1. The Hall–Kier alpha value is -2.93. The van der Waals surface area contributed by atoms with Crippen LogP contribution in [-0.2, 0) is 28.8 Å². The molecule has 0 bridgehead atoms. The summed E-state index contributed by atoms with van der Waals surface area (Å²) in [6.07, 6.45) is -3.83. The number of alkyl halides is 6. The molecule has 2 atom stereocenters. The van der Waals surface area contributed by atoms with E-state index in [4.69, 9.17) is 0 Å². The quantitative estimate of drug-likeness (QED) is 0.385. The minimum absolute atomic E-state index is 0.0354. The van der Waals surface area contributed by atoms with E-state index in [2.05, 4.69) is 14.9 Å². The van der Waals surface area contributed by atoms with Gasteiger partial charge in [-0.1, -0.05) is 13.0 Å². The molecule has 3 aromatic rings. The fraction of sp³-hybridized carbons (Fsp3) is 0.417. The van der Waals surface area contributed by atoms with E-state index in [1.165, 1.54) is 18.2 Å². The van der Waals surface area contributed by atoms with Gasteiger partial charge in [-0.15, -0.1) is 10.2 Å². The lowest BCUT2D eigenvalue weighted by atomic mass is 9.91. The molecule has 4 rings (SSSR count). The number of hydrogen-bond acceptors (Lipinski definition) is 4. The van der Waals surface area contributed by atoms with Gasteiger partial charge in [0.15, 0.2) is 0 Å². The van der Waals surface area contributed by atoms with Crippen molar-refractivity contribution >= 4 is 10.0 Å². The highest BCUT2D eigenvalue weighted by Crippen LogP contribution is 2.39. The van der Waals surface area contributed by atoms with E-state index in [1.807, 2.05) is 4.57 Å². The molecule has 200 valence electrons. The Morgan fingerprint density at radius 3 is 2.11 bits per heavy atom. The molecule has 2 aromatic carbocycles. The largest absolute Gasteiger partial charge is 0.416 e. The van der Waals surface area contributed by atoms with Gasteiger partial charge in [0.25, 0.3) is 0 Å². The molecule has 0 saturated heterocycles. The van der Waals surface area contributed by atoms with Gasteiger partial charge in [-0.05, 0) is 79.1 Å². The van der Waals surface area contributed by atoms with E-state index >= 15 is 0 Å². The number of rotatable bonds is 6. The first-order valence-corrected chi connectivity index (χ1v) is 13.1. The number of nitrogens with zero attached hydrogens (tertiary/aromatic N) is 3. The molecule has 1 fully saturated rings. The standard InChI is InChI=1S/C24H24F6N4O2S/c1-2-15-8-16(17-9-18(23(25,26)27)11-19(10-17)24(28,29)30)6-7-22(15)37(35,36)33-20-4-3-5-21(12-20)34-13-31-32-14-34/h6-11,13-14,20-21,33H,2-5,12H2,1H3. The lowest BCUT2D eigenvalue weighted by molar-refractivity contribution is -0.143. The van der Waals surface area contributed by atoms with Gasteiger partial charge in [0, 0.05) is 12.1 Å². The maximum absolute atomic E-state index is 13.3. The monoisotopic (exact) mass is 546 g/mol. The van der Waals surface area contributed by atoms with Crippen molar-refractivity contribution in [3.8, 4) is 11.1 Å². The van der Waals surface area contributed by atoms with Gasteiger partial charge in [-0.25, -0.2) is 13.1 Å². The third-order valence-corrected chi connectivity index (χ3v) is 8.10. The second-order valence-corrected chi connectivity index (χ2v) is 10.7. The van der Waals surface area contributed by atoms with Gasteiger partial charge in [0.05, 0.1) is 16.0 Å². The first-order valence-electron chi connectivity index (χ1n) is 11.6. The molecule has 1 aromatic heterocycles. The highest BCUT2D eigenvalue weighted by molar-refractivity contribution is 7.89. The van der Waals surface area contributed by atoms with E-state index in [-0.39, 0.29) is 46.2 Å². The summed E-state index contributed by atoms with van der Waals surface area (Å²) in [4.78, 5) is -0.0619. The van der Waals surface area contributed by atoms with Crippen molar-refractivity contribution in [1.82, 2.24) is 19.5 Å². The fourth-order valence-electron chi connectivity index (χ4n) is 4.64. The second kappa shape index (κ2) is 10.1. The molecule has 1 aliphatic rings. The molecule has 1 N–H and O–H groups in total. The molecule has 13 heteroatoms. The average molecular weight is 547 g/mol. The molecule has 1 aliphatic carbocycles. The van der Waals surface area contributed by atoms with Gasteiger partial charge in [-0.2, -0.15) is 26.3 Å². The maximum atomic E-state index is 13.3. The van der Waals surface area contributed by atoms with Gasteiger partial charge < -0.3 is 4.57 Å². The van der Waals surface area contributed by atoms with E-state index in [9.17, 15) is 34.8 Å². The first kappa shape index (κ1) is 27.1. The summed E-state index contributed by atoms with van der Waals surface area (Å²) in [5.74, 6) is 0. The van der Waals surface area contributed by atoms with Crippen LogP contribution in [-0.4, -0.2) is 29.2 Å². The number of nitrogens with one attached hydrogen (secondary N) is 1. The molecule has 0 aliphatic heterocycles. The molecule has 37 heavy (non-hydrogen) atoms. The van der Waals surface area contributed by atoms with Crippen molar-refractivity contribution in [3.05, 3.63) is 65.7 Å². The normalized spacial score (nSPS) is 19.2. The highest BCUT2D eigenvalue weighted by Gasteiger charge is 2.37. The smallest absolute Gasteiger partial charge is 0.317 e. The van der Waals surface area contributed by atoms with Gasteiger partial charge in [-0.3, -0.25) is 0 Å². The Morgan fingerprint density at radius 2 is 1.54 bits per heavy atom. The Bertz CT molecular complexity index is 1320. The van der Waals surface area contributed by atoms with Gasteiger partial charge in [0.1, 0.15) is 12.7 Å². The molecule has 6 nitrogen and oxygen atoms in total. The number of aryl methyl sites for hydroxylation is 1. The minimum Gasteiger partial charge on any atom is -0.317 e. The van der Waals surface area contributed by atoms with Crippen molar-refractivity contribution in [2.45, 2.75) is 68.4 Å². The number of hydrogen-bond donors (Lipinski definition) is 1. The summed E-state index contributed by atoms with van der Waals surface area (Å²) in [5, 5.41) is 7.58. The molecule has 2 unspecified atom stereocenters. The Morgan fingerprint density at radius 1 is 0.919 bits per heavy atom. The molecular formula is C24H24F6N4O2S. The summed E-state index contributed by atoms with van der Waals surface area (Å²) >= 11 is 0. The number of aromatic nitrogens is 3. The zero-order valence-corrected chi connectivity index (χ0v) is 20.5. The van der Waals surface area contributed by atoms with Crippen LogP contribution in [0.1, 0.15) is 55.3 Å². The Kier molecular flexibility index (Phi) is 7.39. The lowest BCUT2D eigenvalue weighted by Crippen LogP contribution is -2.39. The van der Waals surface area contributed by atoms with Crippen LogP contribution in [0.5, 0.6) is 0 Å². The van der Waals surface area contributed by atoms with Crippen molar-refractivity contribution < 1.29 is 34.8 Å². The predicted molar refractivity (Wildman–Crippen MR) is 123 cm³/mol. The van der Waals surface area contributed by atoms with E-state index in [0.717, 1.165) is 12.8 Å². The molecule has 0 spiro atoms. The lowest BCUT2D eigenvalue weighted by Gasteiger charge is -2.30. The predicted octanol–water partition coefficient (Wildman–Crippen LogP) is 6.01. The van der Waals surface area contributed by atoms with Crippen LogP contribution in [0.3, 0.4) is 0 Å². The van der Waals surface area contributed by atoms with Crippen molar-refractivity contribution in [2.75, 3.05) is 0 Å². The third kappa shape index (κ3) is 6.15. The van der Waals surface area contributed by atoms with Crippen LogP contribution >= 0.6 is 0 Å². The Labute approximate surface area is 209 Å². The Balaban J connectivity index is 1.64. The molecule has 0 amide bonds. The summed E-state index contributed by atoms with van der Waals surface area (Å²) < 4.78 is 111. The second-order valence-electron chi connectivity index (χ2n) is 9.02. The topological polar surface area (TPSA) is 76.9 Å². The van der Waals surface area contributed by atoms with Crippen LogP contribution in [0.25, 0.3) is 11.1 Å². The summed E-state index contributed by atoms with van der Waals surface area (Å²) in [6.45, 7) is 1.66. The molecule has 1 saturated carbocycles. The molecule has 0 radical (unpaired) electrons. The van der Waals surface area contributed by atoms with Crippen molar-refractivity contribution in [3.63, 3.8) is 0 Å². The summed E-state index contributed by atoms with van der Waals surface area (Å²) in [5.41, 5.74) is -2.85. The zero-order valence-electron chi connectivity index (χ0n) is 19.6. The van der Waals surface area contributed by atoms with Crippen LogP contribution in [0.4, 0.5) is 26.3 Å². The molecule has 1 heterocycles. The number of halogens is 6. The SMILES string of the molecule is CCc1cc(-c2cc(C(F)(F)F)cc(C(F)(F)F)c2)ccc1S(=O)(=O)NC1CCCC(n2cnnc2)C1. The van der Waals surface area contributed by atoms with Crippen LogP contribution in [0, 0.1) is 0 Å². The maximum Gasteiger partial charge on any atom is 0.416 e. The van der Waals surface area contributed by atoms with E-state index < -0.39 is 33.5 Å². The highest BCUT2D eigenvalue weighted by atomic mass is 32.2.